The lowest BCUT2D eigenvalue weighted by Gasteiger charge is -2.36. The number of aryl methyl sites for hydroxylation is 2. The van der Waals surface area contributed by atoms with Gasteiger partial charge in [-0.15, -0.1) is 0 Å². The van der Waals surface area contributed by atoms with Gasteiger partial charge in [-0.2, -0.15) is 0 Å². The molecule has 0 saturated carbocycles. The first-order chi connectivity index (χ1) is 12.4. The van der Waals surface area contributed by atoms with Gasteiger partial charge in [0.1, 0.15) is 0 Å². The molecule has 0 aliphatic carbocycles. The minimum absolute atomic E-state index is 0.0350. The minimum Gasteiger partial charge on any atom is -0.335 e. The standard InChI is InChI=1S/C21H31N3O2/c1-16-6-7-19(12-17(16)2)14-23-10-11-24(15-20(23)25)21(26)18(3)13-22-8-4-5-9-22/h6-7,12,18H,4-5,8-11,13-15H2,1-3H3/t18-/m1/s1. The van der Waals surface area contributed by atoms with Crippen molar-refractivity contribution in [3.8, 4) is 0 Å². The minimum atomic E-state index is -0.0350. The summed E-state index contributed by atoms with van der Waals surface area (Å²) in [6.07, 6.45) is 2.47. The number of piperazine rings is 1. The number of likely N-dealkylation sites (tertiary alicyclic amines) is 1. The molecule has 2 heterocycles. The molecule has 1 atom stereocenters. The van der Waals surface area contributed by atoms with Crippen molar-refractivity contribution in [1.82, 2.24) is 14.7 Å². The summed E-state index contributed by atoms with van der Waals surface area (Å²) in [6.45, 7) is 11.3. The lowest BCUT2D eigenvalue weighted by molar-refractivity contribution is -0.148. The average molecular weight is 357 g/mol. The number of rotatable bonds is 5. The number of carbonyl (C=O) groups is 2. The van der Waals surface area contributed by atoms with E-state index in [2.05, 4.69) is 36.9 Å². The molecular weight excluding hydrogens is 326 g/mol. The second-order valence-corrected chi connectivity index (χ2v) is 7.90. The third kappa shape index (κ3) is 4.44. The molecule has 0 unspecified atom stereocenters. The Morgan fingerprint density at radius 1 is 1.08 bits per heavy atom. The largest absolute Gasteiger partial charge is 0.335 e. The van der Waals surface area contributed by atoms with Crippen LogP contribution >= 0.6 is 0 Å². The zero-order valence-corrected chi connectivity index (χ0v) is 16.3. The van der Waals surface area contributed by atoms with E-state index in [1.165, 1.54) is 24.0 Å². The summed E-state index contributed by atoms with van der Waals surface area (Å²) in [6, 6.07) is 6.35. The summed E-state index contributed by atoms with van der Waals surface area (Å²) in [5, 5.41) is 0. The molecule has 26 heavy (non-hydrogen) atoms. The van der Waals surface area contributed by atoms with Crippen molar-refractivity contribution >= 4 is 11.8 Å². The van der Waals surface area contributed by atoms with Crippen molar-refractivity contribution in [3.63, 3.8) is 0 Å². The van der Waals surface area contributed by atoms with Gasteiger partial charge in [0.2, 0.25) is 11.8 Å². The average Bonchev–Trinajstić information content (AvgIpc) is 3.12. The highest BCUT2D eigenvalue weighted by Crippen LogP contribution is 2.16. The molecule has 0 N–H and O–H groups in total. The van der Waals surface area contributed by atoms with E-state index < -0.39 is 0 Å². The molecule has 2 aliphatic heterocycles. The van der Waals surface area contributed by atoms with Crippen LogP contribution in [0.25, 0.3) is 0 Å². The smallest absolute Gasteiger partial charge is 0.242 e. The normalized spacial score (nSPS) is 19.9. The van der Waals surface area contributed by atoms with E-state index in [4.69, 9.17) is 0 Å². The molecule has 0 spiro atoms. The van der Waals surface area contributed by atoms with Crippen LogP contribution in [0.4, 0.5) is 0 Å². The summed E-state index contributed by atoms with van der Waals surface area (Å²) in [5.41, 5.74) is 3.67. The van der Waals surface area contributed by atoms with Crippen molar-refractivity contribution < 1.29 is 9.59 Å². The molecule has 2 saturated heterocycles. The summed E-state index contributed by atoms with van der Waals surface area (Å²) < 4.78 is 0. The maximum absolute atomic E-state index is 12.7. The van der Waals surface area contributed by atoms with E-state index in [-0.39, 0.29) is 24.3 Å². The Morgan fingerprint density at radius 2 is 1.81 bits per heavy atom. The van der Waals surface area contributed by atoms with Crippen LogP contribution < -0.4 is 0 Å². The second-order valence-electron chi connectivity index (χ2n) is 7.90. The summed E-state index contributed by atoms with van der Waals surface area (Å²) in [7, 11) is 0. The predicted octanol–water partition coefficient (Wildman–Crippen LogP) is 2.21. The zero-order valence-electron chi connectivity index (χ0n) is 16.3. The highest BCUT2D eigenvalue weighted by Gasteiger charge is 2.30. The fraction of sp³-hybridized carbons (Fsp3) is 0.619. The van der Waals surface area contributed by atoms with Crippen molar-refractivity contribution in [2.75, 3.05) is 39.3 Å². The molecule has 3 rings (SSSR count). The van der Waals surface area contributed by atoms with E-state index in [0.717, 1.165) is 25.2 Å². The number of benzene rings is 1. The van der Waals surface area contributed by atoms with Crippen molar-refractivity contribution in [1.29, 1.82) is 0 Å². The first-order valence-electron chi connectivity index (χ1n) is 9.79. The quantitative estimate of drug-likeness (QED) is 0.811. The van der Waals surface area contributed by atoms with Crippen molar-refractivity contribution in [3.05, 3.63) is 34.9 Å². The molecular formula is C21H31N3O2. The van der Waals surface area contributed by atoms with Gasteiger partial charge >= 0.3 is 0 Å². The van der Waals surface area contributed by atoms with Crippen molar-refractivity contribution in [2.24, 2.45) is 5.92 Å². The monoisotopic (exact) mass is 357 g/mol. The van der Waals surface area contributed by atoms with Gasteiger partial charge in [0.05, 0.1) is 6.54 Å². The number of carbonyl (C=O) groups excluding carboxylic acids is 2. The van der Waals surface area contributed by atoms with Crippen LogP contribution in [0.1, 0.15) is 36.5 Å². The second kappa shape index (κ2) is 8.21. The molecule has 1 aromatic rings. The highest BCUT2D eigenvalue weighted by atomic mass is 16.2. The van der Waals surface area contributed by atoms with Gasteiger partial charge in [0, 0.05) is 32.1 Å². The lowest BCUT2D eigenvalue weighted by Crippen LogP contribution is -2.53. The maximum atomic E-state index is 12.7. The SMILES string of the molecule is Cc1ccc(CN2CCN(C(=O)[C@H](C)CN3CCCC3)CC2=O)cc1C. The molecule has 1 aromatic carbocycles. The molecule has 0 bridgehead atoms. The Balaban J connectivity index is 1.53. The number of nitrogens with zero attached hydrogens (tertiary/aromatic N) is 3. The Morgan fingerprint density at radius 3 is 2.46 bits per heavy atom. The molecule has 0 aromatic heterocycles. The Kier molecular flexibility index (Phi) is 5.97. The number of hydrogen-bond acceptors (Lipinski definition) is 3. The van der Waals surface area contributed by atoms with Crippen LogP contribution in [0.15, 0.2) is 18.2 Å². The topological polar surface area (TPSA) is 43.9 Å². The molecule has 5 heteroatoms. The maximum Gasteiger partial charge on any atom is 0.242 e. The van der Waals surface area contributed by atoms with Crippen LogP contribution in [0, 0.1) is 19.8 Å². The Hall–Kier alpha value is -1.88. The van der Waals surface area contributed by atoms with Gasteiger partial charge in [0.25, 0.3) is 0 Å². The third-order valence-corrected chi connectivity index (χ3v) is 5.73. The molecule has 2 amide bonds. The first-order valence-corrected chi connectivity index (χ1v) is 9.79. The third-order valence-electron chi connectivity index (χ3n) is 5.73. The van der Waals surface area contributed by atoms with Gasteiger partial charge in [-0.25, -0.2) is 0 Å². The molecule has 5 nitrogen and oxygen atoms in total. The Labute approximate surface area is 156 Å². The van der Waals surface area contributed by atoms with Crippen LogP contribution in [0.2, 0.25) is 0 Å². The molecule has 0 radical (unpaired) electrons. The predicted molar refractivity (Wildman–Crippen MR) is 103 cm³/mol. The van der Waals surface area contributed by atoms with Crippen LogP contribution in [-0.4, -0.2) is 65.8 Å². The van der Waals surface area contributed by atoms with Crippen molar-refractivity contribution in [2.45, 2.75) is 40.2 Å². The summed E-state index contributed by atoms with van der Waals surface area (Å²) in [5.74, 6) is 0.138. The van der Waals surface area contributed by atoms with E-state index in [1.54, 1.807) is 4.90 Å². The Bertz CT molecular complexity index is 667. The summed E-state index contributed by atoms with van der Waals surface area (Å²) >= 11 is 0. The molecule has 2 fully saturated rings. The van der Waals surface area contributed by atoms with Crippen LogP contribution in [0.5, 0.6) is 0 Å². The first kappa shape index (κ1) is 18.9. The fourth-order valence-electron chi connectivity index (χ4n) is 3.93. The van der Waals surface area contributed by atoms with Gasteiger partial charge in [0.15, 0.2) is 0 Å². The van der Waals surface area contributed by atoms with Gasteiger partial charge < -0.3 is 14.7 Å². The van der Waals surface area contributed by atoms with E-state index in [1.807, 2.05) is 11.8 Å². The zero-order chi connectivity index (χ0) is 18.7. The van der Waals surface area contributed by atoms with Gasteiger partial charge in [-0.3, -0.25) is 9.59 Å². The van der Waals surface area contributed by atoms with Gasteiger partial charge in [-0.05, 0) is 56.5 Å². The van der Waals surface area contributed by atoms with Crippen LogP contribution in [-0.2, 0) is 16.1 Å². The van der Waals surface area contributed by atoms with Crippen LogP contribution in [0.3, 0.4) is 0 Å². The summed E-state index contributed by atoms with van der Waals surface area (Å²) in [4.78, 5) is 31.2. The van der Waals surface area contributed by atoms with E-state index >= 15 is 0 Å². The van der Waals surface area contributed by atoms with E-state index in [0.29, 0.717) is 19.6 Å². The fourth-order valence-corrected chi connectivity index (χ4v) is 3.93. The number of hydrogen-bond donors (Lipinski definition) is 0. The lowest BCUT2D eigenvalue weighted by atomic mass is 10.1. The molecule has 2 aliphatic rings. The highest BCUT2D eigenvalue weighted by molar-refractivity contribution is 5.87. The van der Waals surface area contributed by atoms with Gasteiger partial charge in [-0.1, -0.05) is 25.1 Å². The number of amides is 2. The molecule has 142 valence electrons. The van der Waals surface area contributed by atoms with E-state index in [9.17, 15) is 9.59 Å².